The van der Waals surface area contributed by atoms with Crippen LogP contribution in [0.4, 0.5) is 5.69 Å². The van der Waals surface area contributed by atoms with Crippen LogP contribution in [0.5, 0.6) is 11.5 Å². The maximum atomic E-state index is 13.4. The lowest BCUT2D eigenvalue weighted by Crippen LogP contribution is -2.32. The number of carbonyl (C=O) groups excluding carboxylic acids is 1. The first-order valence-electron chi connectivity index (χ1n) is 10.6. The average Bonchev–Trinajstić information content (AvgIpc) is 2.83. The molecule has 3 aromatic carbocycles. The molecule has 4 aromatic rings. The third-order valence-corrected chi connectivity index (χ3v) is 5.51. The number of amides is 1. The van der Waals surface area contributed by atoms with Crippen LogP contribution in [-0.2, 0) is 4.79 Å². The smallest absolute Gasteiger partial charge is 0.265 e. The standard InChI is InChI=1S/C26H21Cl2NO5/c1-3-32-21-12-8-7-11-20(21)29-26(31)15(2)33-25-22(30)18-13-17(27)14-19(28)24(18)34-23(25)16-9-5-4-6-10-16/h4-15H,3H2,1-2H3,(H,29,31). The highest BCUT2D eigenvalue weighted by atomic mass is 35.5. The average molecular weight is 498 g/mol. The number of benzene rings is 3. The second kappa shape index (κ2) is 10.2. The molecule has 0 spiro atoms. The molecule has 0 aliphatic rings. The normalized spacial score (nSPS) is 11.8. The minimum atomic E-state index is -1.04. The molecule has 0 fully saturated rings. The van der Waals surface area contributed by atoms with Crippen LogP contribution in [0.25, 0.3) is 22.3 Å². The van der Waals surface area contributed by atoms with E-state index in [0.29, 0.717) is 23.6 Å². The van der Waals surface area contributed by atoms with Crippen molar-refractivity contribution in [3.05, 3.63) is 87.0 Å². The van der Waals surface area contributed by atoms with Gasteiger partial charge >= 0.3 is 0 Å². The fourth-order valence-corrected chi connectivity index (χ4v) is 3.94. The largest absolute Gasteiger partial charge is 0.492 e. The number of carbonyl (C=O) groups is 1. The van der Waals surface area contributed by atoms with Crippen LogP contribution in [0.3, 0.4) is 0 Å². The maximum absolute atomic E-state index is 13.4. The number of anilines is 1. The van der Waals surface area contributed by atoms with Gasteiger partial charge in [0.2, 0.25) is 11.2 Å². The molecule has 34 heavy (non-hydrogen) atoms. The molecule has 0 radical (unpaired) electrons. The number of nitrogens with one attached hydrogen (secondary N) is 1. The van der Waals surface area contributed by atoms with Crippen molar-refractivity contribution in [1.82, 2.24) is 0 Å². The van der Waals surface area contributed by atoms with Gasteiger partial charge in [0, 0.05) is 10.6 Å². The summed E-state index contributed by atoms with van der Waals surface area (Å²) in [6, 6.07) is 19.0. The van der Waals surface area contributed by atoms with E-state index in [4.69, 9.17) is 37.1 Å². The SMILES string of the molecule is CCOc1ccccc1NC(=O)C(C)Oc1c(-c2ccccc2)oc2c(Cl)cc(Cl)cc2c1=O. The molecule has 1 heterocycles. The first kappa shape index (κ1) is 23.7. The molecular weight excluding hydrogens is 477 g/mol. The van der Waals surface area contributed by atoms with Crippen LogP contribution < -0.4 is 20.2 Å². The first-order valence-corrected chi connectivity index (χ1v) is 11.3. The summed E-state index contributed by atoms with van der Waals surface area (Å²) in [5, 5.41) is 3.41. The molecule has 8 heteroatoms. The van der Waals surface area contributed by atoms with Crippen LogP contribution >= 0.6 is 23.2 Å². The fraction of sp³-hybridized carbons (Fsp3) is 0.154. The number of hydrogen-bond acceptors (Lipinski definition) is 5. The Morgan fingerprint density at radius 2 is 1.76 bits per heavy atom. The summed E-state index contributed by atoms with van der Waals surface area (Å²) in [6.07, 6.45) is -1.04. The van der Waals surface area contributed by atoms with E-state index in [2.05, 4.69) is 5.32 Å². The van der Waals surface area contributed by atoms with Gasteiger partial charge in [0.25, 0.3) is 5.91 Å². The van der Waals surface area contributed by atoms with Crippen LogP contribution in [0, 0.1) is 0 Å². The summed E-state index contributed by atoms with van der Waals surface area (Å²) < 4.78 is 17.5. The molecular formula is C26H21Cl2NO5. The van der Waals surface area contributed by atoms with E-state index in [9.17, 15) is 9.59 Å². The van der Waals surface area contributed by atoms with Gasteiger partial charge in [-0.2, -0.15) is 0 Å². The zero-order valence-corrected chi connectivity index (χ0v) is 19.9. The molecule has 0 aliphatic heterocycles. The predicted molar refractivity (Wildman–Crippen MR) is 134 cm³/mol. The lowest BCUT2D eigenvalue weighted by Gasteiger charge is -2.18. The van der Waals surface area contributed by atoms with Gasteiger partial charge in [0.05, 0.1) is 22.7 Å². The molecule has 0 saturated heterocycles. The van der Waals surface area contributed by atoms with E-state index in [1.165, 1.54) is 12.1 Å². The van der Waals surface area contributed by atoms with E-state index in [1.54, 1.807) is 49.4 Å². The lowest BCUT2D eigenvalue weighted by atomic mass is 10.1. The van der Waals surface area contributed by atoms with Crippen LogP contribution in [0.1, 0.15) is 13.8 Å². The Hall–Kier alpha value is -3.48. The minimum Gasteiger partial charge on any atom is -0.492 e. The molecule has 4 rings (SSSR count). The third-order valence-electron chi connectivity index (χ3n) is 5.01. The van der Waals surface area contributed by atoms with E-state index < -0.39 is 17.4 Å². The summed E-state index contributed by atoms with van der Waals surface area (Å²) in [5.74, 6) is 0.120. The summed E-state index contributed by atoms with van der Waals surface area (Å²) in [6.45, 7) is 3.84. The molecule has 1 N–H and O–H groups in total. The lowest BCUT2D eigenvalue weighted by molar-refractivity contribution is -0.122. The van der Waals surface area contributed by atoms with Gasteiger partial charge in [-0.05, 0) is 38.1 Å². The van der Waals surface area contributed by atoms with Crippen molar-refractivity contribution in [2.45, 2.75) is 20.0 Å². The highest BCUT2D eigenvalue weighted by molar-refractivity contribution is 6.38. The van der Waals surface area contributed by atoms with Gasteiger partial charge in [-0.1, -0.05) is 65.7 Å². The van der Waals surface area contributed by atoms with Gasteiger partial charge in [-0.3, -0.25) is 9.59 Å². The highest BCUT2D eigenvalue weighted by Gasteiger charge is 2.24. The minimum absolute atomic E-state index is 0.113. The van der Waals surface area contributed by atoms with Gasteiger partial charge < -0.3 is 19.2 Å². The number of para-hydroxylation sites is 2. The number of rotatable bonds is 7. The Morgan fingerprint density at radius 1 is 1.06 bits per heavy atom. The molecule has 1 aromatic heterocycles. The zero-order valence-electron chi connectivity index (χ0n) is 18.4. The van der Waals surface area contributed by atoms with E-state index in [0.717, 1.165) is 0 Å². The second-order valence-corrected chi connectivity index (χ2v) is 8.24. The Labute approximate surface area is 206 Å². The van der Waals surface area contributed by atoms with Crippen LogP contribution in [0.15, 0.2) is 75.9 Å². The quantitative estimate of drug-likeness (QED) is 0.312. The maximum Gasteiger partial charge on any atom is 0.265 e. The van der Waals surface area contributed by atoms with Crippen LogP contribution in [-0.4, -0.2) is 18.6 Å². The first-order chi connectivity index (χ1) is 16.4. The molecule has 174 valence electrons. The molecule has 6 nitrogen and oxygen atoms in total. The monoisotopic (exact) mass is 497 g/mol. The second-order valence-electron chi connectivity index (χ2n) is 7.40. The van der Waals surface area contributed by atoms with Crippen molar-refractivity contribution in [1.29, 1.82) is 0 Å². The molecule has 0 saturated carbocycles. The van der Waals surface area contributed by atoms with Crippen molar-refractivity contribution in [3.63, 3.8) is 0 Å². The van der Waals surface area contributed by atoms with E-state index in [1.807, 2.05) is 19.1 Å². The zero-order chi connectivity index (χ0) is 24.2. The molecule has 1 unspecified atom stereocenters. The van der Waals surface area contributed by atoms with Gasteiger partial charge in [-0.15, -0.1) is 0 Å². The van der Waals surface area contributed by atoms with Gasteiger partial charge in [0.1, 0.15) is 5.75 Å². The number of ether oxygens (including phenoxy) is 2. The summed E-state index contributed by atoms with van der Waals surface area (Å²) in [4.78, 5) is 26.4. The molecule has 1 atom stereocenters. The topological polar surface area (TPSA) is 77.8 Å². The summed E-state index contributed by atoms with van der Waals surface area (Å²) in [7, 11) is 0. The Balaban J connectivity index is 1.74. The van der Waals surface area contributed by atoms with Crippen molar-refractivity contribution in [2.24, 2.45) is 0 Å². The Kier molecular flexibility index (Phi) is 7.10. The fourth-order valence-electron chi connectivity index (χ4n) is 3.41. The number of halogens is 2. The summed E-state index contributed by atoms with van der Waals surface area (Å²) >= 11 is 12.4. The van der Waals surface area contributed by atoms with Crippen molar-refractivity contribution >= 4 is 45.8 Å². The van der Waals surface area contributed by atoms with Crippen molar-refractivity contribution < 1.29 is 18.7 Å². The van der Waals surface area contributed by atoms with Gasteiger partial charge in [-0.25, -0.2) is 0 Å². The van der Waals surface area contributed by atoms with E-state index >= 15 is 0 Å². The van der Waals surface area contributed by atoms with E-state index in [-0.39, 0.29) is 32.5 Å². The molecule has 0 aliphatic carbocycles. The summed E-state index contributed by atoms with van der Waals surface area (Å²) in [5.41, 5.74) is 0.790. The van der Waals surface area contributed by atoms with Crippen molar-refractivity contribution in [2.75, 3.05) is 11.9 Å². The van der Waals surface area contributed by atoms with Crippen LogP contribution in [0.2, 0.25) is 10.0 Å². The number of fused-ring (bicyclic) bond motifs is 1. The molecule has 1 amide bonds. The number of hydrogen-bond donors (Lipinski definition) is 1. The predicted octanol–water partition coefficient (Wildman–Crippen LogP) is 6.57. The Bertz CT molecular complexity index is 1400. The van der Waals surface area contributed by atoms with Crippen molar-refractivity contribution in [3.8, 4) is 22.8 Å². The Morgan fingerprint density at radius 3 is 2.50 bits per heavy atom. The molecule has 0 bridgehead atoms. The highest BCUT2D eigenvalue weighted by Crippen LogP contribution is 2.35. The van der Waals surface area contributed by atoms with Gasteiger partial charge in [0.15, 0.2) is 17.4 Å². The third kappa shape index (κ3) is 4.88.